The van der Waals surface area contributed by atoms with Gasteiger partial charge in [-0.2, -0.15) is 0 Å². The molecule has 1 fully saturated rings. The van der Waals surface area contributed by atoms with Crippen LogP contribution < -0.4 is 5.32 Å². The zero-order valence-electron chi connectivity index (χ0n) is 13.6. The maximum absolute atomic E-state index is 4.24. The topological polar surface area (TPSA) is 46.0 Å². The molecule has 3 atom stereocenters. The van der Waals surface area contributed by atoms with Gasteiger partial charge in [-0.25, -0.2) is 0 Å². The zero-order valence-corrected chi connectivity index (χ0v) is 13.6. The fourth-order valence-corrected chi connectivity index (χ4v) is 4.09. The molecular formula is C16H29N5. The van der Waals surface area contributed by atoms with Gasteiger partial charge < -0.3 is 9.88 Å². The highest BCUT2D eigenvalue weighted by atomic mass is 15.3. The summed E-state index contributed by atoms with van der Waals surface area (Å²) in [5.74, 6) is 3.60. The first-order valence-corrected chi connectivity index (χ1v) is 8.43. The lowest BCUT2D eigenvalue weighted by atomic mass is 9.73. The van der Waals surface area contributed by atoms with Gasteiger partial charge in [0.15, 0.2) is 0 Å². The van der Waals surface area contributed by atoms with E-state index in [1.54, 1.807) is 0 Å². The van der Waals surface area contributed by atoms with E-state index >= 15 is 0 Å². The molecule has 0 spiro atoms. The van der Waals surface area contributed by atoms with E-state index < -0.39 is 0 Å². The SMILES string of the molecule is CNC1CCC(C(C)C)CC1CN1CCn2cnnc2C1. The number of nitrogens with one attached hydrogen (secondary N) is 1. The van der Waals surface area contributed by atoms with Gasteiger partial charge in [0, 0.05) is 25.7 Å². The molecule has 3 unspecified atom stereocenters. The Hall–Kier alpha value is -0.940. The van der Waals surface area contributed by atoms with Gasteiger partial charge in [-0.05, 0) is 44.1 Å². The van der Waals surface area contributed by atoms with Crippen LogP contribution in [0.15, 0.2) is 6.33 Å². The second-order valence-electron chi connectivity index (χ2n) is 7.15. The molecule has 0 bridgehead atoms. The molecule has 2 aliphatic rings. The van der Waals surface area contributed by atoms with Crippen molar-refractivity contribution >= 4 is 0 Å². The second kappa shape index (κ2) is 6.44. The predicted molar refractivity (Wildman–Crippen MR) is 83.8 cm³/mol. The number of aromatic nitrogens is 3. The summed E-state index contributed by atoms with van der Waals surface area (Å²) in [5, 5.41) is 11.8. The first-order chi connectivity index (χ1) is 10.2. The van der Waals surface area contributed by atoms with Gasteiger partial charge in [-0.15, -0.1) is 10.2 Å². The maximum Gasteiger partial charge on any atom is 0.147 e. The standard InChI is InChI=1S/C16H29N5/c1-12(2)13-4-5-15(17-3)14(8-13)9-20-6-7-21-11-18-19-16(21)10-20/h11-15,17H,4-10H2,1-3H3. The molecule has 1 saturated carbocycles. The molecule has 1 aromatic heterocycles. The molecule has 0 amide bonds. The smallest absolute Gasteiger partial charge is 0.147 e. The summed E-state index contributed by atoms with van der Waals surface area (Å²) in [5.41, 5.74) is 0. The Morgan fingerprint density at radius 3 is 2.95 bits per heavy atom. The van der Waals surface area contributed by atoms with E-state index in [1.165, 1.54) is 25.8 Å². The van der Waals surface area contributed by atoms with Crippen LogP contribution >= 0.6 is 0 Å². The average molecular weight is 291 g/mol. The predicted octanol–water partition coefficient (Wildman–Crippen LogP) is 1.75. The Labute approximate surface area is 128 Å². The summed E-state index contributed by atoms with van der Waals surface area (Å²) < 4.78 is 2.18. The van der Waals surface area contributed by atoms with Crippen molar-refractivity contribution in [1.82, 2.24) is 25.0 Å². The summed E-state index contributed by atoms with van der Waals surface area (Å²) in [7, 11) is 2.13. The second-order valence-corrected chi connectivity index (χ2v) is 7.15. The van der Waals surface area contributed by atoms with Gasteiger partial charge in [-0.3, -0.25) is 4.90 Å². The summed E-state index contributed by atoms with van der Waals surface area (Å²) in [4.78, 5) is 2.57. The van der Waals surface area contributed by atoms with Gasteiger partial charge in [0.25, 0.3) is 0 Å². The molecule has 0 radical (unpaired) electrons. The van der Waals surface area contributed by atoms with E-state index in [4.69, 9.17) is 0 Å². The molecule has 1 N–H and O–H groups in total. The van der Waals surface area contributed by atoms with Crippen molar-refractivity contribution in [2.75, 3.05) is 20.1 Å². The minimum atomic E-state index is 0.680. The van der Waals surface area contributed by atoms with E-state index in [0.29, 0.717) is 6.04 Å². The monoisotopic (exact) mass is 291 g/mol. The highest BCUT2D eigenvalue weighted by Crippen LogP contribution is 2.34. The first kappa shape index (κ1) is 15.0. The van der Waals surface area contributed by atoms with Gasteiger partial charge in [0.2, 0.25) is 0 Å². The van der Waals surface area contributed by atoms with Crippen LogP contribution in [0, 0.1) is 17.8 Å². The highest BCUT2D eigenvalue weighted by Gasteiger charge is 2.32. The van der Waals surface area contributed by atoms with Crippen molar-refractivity contribution in [3.8, 4) is 0 Å². The van der Waals surface area contributed by atoms with E-state index in [1.807, 2.05) is 6.33 Å². The van der Waals surface area contributed by atoms with Crippen LogP contribution in [0.2, 0.25) is 0 Å². The molecule has 1 aromatic rings. The quantitative estimate of drug-likeness (QED) is 0.918. The summed E-state index contributed by atoms with van der Waals surface area (Å²) in [6.07, 6.45) is 5.94. The third kappa shape index (κ3) is 3.29. The summed E-state index contributed by atoms with van der Waals surface area (Å²) in [6, 6.07) is 0.680. The molecule has 0 aromatic carbocycles. The van der Waals surface area contributed by atoms with Crippen LogP contribution in [0.3, 0.4) is 0 Å². The summed E-state index contributed by atoms with van der Waals surface area (Å²) in [6.45, 7) is 9.08. The number of nitrogens with zero attached hydrogens (tertiary/aromatic N) is 4. The number of rotatable bonds is 4. The van der Waals surface area contributed by atoms with Crippen LogP contribution in [-0.2, 0) is 13.1 Å². The third-order valence-electron chi connectivity index (χ3n) is 5.55. The number of hydrogen-bond acceptors (Lipinski definition) is 4. The van der Waals surface area contributed by atoms with Crippen LogP contribution in [-0.4, -0.2) is 45.8 Å². The molecule has 1 aliphatic heterocycles. The van der Waals surface area contributed by atoms with Gasteiger partial charge in [0.05, 0.1) is 6.54 Å². The van der Waals surface area contributed by atoms with Crippen LogP contribution in [0.25, 0.3) is 0 Å². The fourth-order valence-electron chi connectivity index (χ4n) is 4.09. The highest BCUT2D eigenvalue weighted by molar-refractivity contribution is 4.92. The minimum absolute atomic E-state index is 0.680. The number of hydrogen-bond donors (Lipinski definition) is 1. The maximum atomic E-state index is 4.24. The van der Waals surface area contributed by atoms with E-state index in [9.17, 15) is 0 Å². The molecule has 5 heteroatoms. The molecule has 21 heavy (non-hydrogen) atoms. The minimum Gasteiger partial charge on any atom is -0.317 e. The Bertz CT molecular complexity index is 455. The van der Waals surface area contributed by atoms with Crippen molar-refractivity contribution in [2.45, 2.75) is 52.2 Å². The Morgan fingerprint density at radius 2 is 2.19 bits per heavy atom. The molecule has 1 aliphatic carbocycles. The lowest BCUT2D eigenvalue weighted by Crippen LogP contribution is -2.46. The summed E-state index contributed by atoms with van der Waals surface area (Å²) >= 11 is 0. The van der Waals surface area contributed by atoms with Crippen molar-refractivity contribution in [2.24, 2.45) is 17.8 Å². The van der Waals surface area contributed by atoms with Crippen LogP contribution in [0.5, 0.6) is 0 Å². The molecule has 0 saturated heterocycles. The van der Waals surface area contributed by atoms with Crippen LogP contribution in [0.4, 0.5) is 0 Å². The Balaban J connectivity index is 1.62. The molecular weight excluding hydrogens is 262 g/mol. The first-order valence-electron chi connectivity index (χ1n) is 8.43. The van der Waals surface area contributed by atoms with Crippen molar-refractivity contribution in [3.63, 3.8) is 0 Å². The van der Waals surface area contributed by atoms with Crippen molar-refractivity contribution < 1.29 is 0 Å². The van der Waals surface area contributed by atoms with Crippen molar-refractivity contribution in [1.29, 1.82) is 0 Å². The normalized spacial score (nSPS) is 30.6. The molecule has 2 heterocycles. The third-order valence-corrected chi connectivity index (χ3v) is 5.55. The Morgan fingerprint density at radius 1 is 1.33 bits per heavy atom. The lowest BCUT2D eigenvalue weighted by Gasteiger charge is -2.40. The molecule has 118 valence electrons. The van der Waals surface area contributed by atoms with Gasteiger partial charge >= 0.3 is 0 Å². The average Bonchev–Trinajstić information content (AvgIpc) is 2.94. The van der Waals surface area contributed by atoms with Gasteiger partial charge in [-0.1, -0.05) is 13.8 Å². The largest absolute Gasteiger partial charge is 0.317 e. The Kier molecular flexibility index (Phi) is 4.60. The fraction of sp³-hybridized carbons (Fsp3) is 0.875. The van der Waals surface area contributed by atoms with E-state index in [-0.39, 0.29) is 0 Å². The zero-order chi connectivity index (χ0) is 14.8. The van der Waals surface area contributed by atoms with E-state index in [2.05, 4.69) is 45.9 Å². The molecule has 3 rings (SSSR count). The number of fused-ring (bicyclic) bond motifs is 1. The van der Waals surface area contributed by atoms with E-state index in [0.717, 1.165) is 43.2 Å². The van der Waals surface area contributed by atoms with Crippen LogP contribution in [0.1, 0.15) is 38.9 Å². The van der Waals surface area contributed by atoms with Crippen molar-refractivity contribution in [3.05, 3.63) is 12.2 Å². The van der Waals surface area contributed by atoms with Gasteiger partial charge in [0.1, 0.15) is 12.2 Å². The molecule has 5 nitrogen and oxygen atoms in total. The lowest BCUT2D eigenvalue weighted by molar-refractivity contribution is 0.109.